The standard InChI is InChI=1S/C24H34N6O5/c1-4-8-21(23-26-27-28-30(23)16-22(32)35-6-3)29(11-7-12-31)15-18-13-17-14-19(34-5-2)9-10-20(17)25-24(18)33/h9-10,13-14,21,31H,4-8,11-12,15-16H2,1-3H3,(H,25,33). The van der Waals surface area contributed by atoms with Gasteiger partial charge in [0.15, 0.2) is 5.82 Å². The number of hydrogen-bond acceptors (Lipinski definition) is 9. The van der Waals surface area contributed by atoms with E-state index in [0.717, 1.165) is 23.1 Å². The van der Waals surface area contributed by atoms with Crippen molar-refractivity contribution in [1.29, 1.82) is 0 Å². The summed E-state index contributed by atoms with van der Waals surface area (Å²) < 4.78 is 12.1. The van der Waals surface area contributed by atoms with Crippen LogP contribution in [0.5, 0.6) is 5.75 Å². The van der Waals surface area contributed by atoms with Gasteiger partial charge in [-0.2, -0.15) is 0 Å². The molecule has 3 rings (SSSR count). The maximum Gasteiger partial charge on any atom is 0.327 e. The van der Waals surface area contributed by atoms with Gasteiger partial charge in [0.1, 0.15) is 12.3 Å². The summed E-state index contributed by atoms with van der Waals surface area (Å²) in [4.78, 5) is 30.0. The summed E-state index contributed by atoms with van der Waals surface area (Å²) in [5.74, 6) is 0.833. The molecule has 35 heavy (non-hydrogen) atoms. The molecule has 1 aromatic carbocycles. The van der Waals surface area contributed by atoms with Crippen molar-refractivity contribution in [1.82, 2.24) is 30.1 Å². The molecule has 1 atom stereocenters. The Morgan fingerprint density at radius 1 is 1.23 bits per heavy atom. The van der Waals surface area contributed by atoms with Crippen LogP contribution in [0.3, 0.4) is 0 Å². The Bertz CT molecular complexity index is 1160. The number of aliphatic hydroxyl groups excluding tert-OH is 1. The molecule has 2 aromatic heterocycles. The van der Waals surface area contributed by atoms with Gasteiger partial charge in [-0.05, 0) is 61.4 Å². The van der Waals surface area contributed by atoms with Crippen LogP contribution in [0, 0.1) is 0 Å². The molecule has 11 nitrogen and oxygen atoms in total. The van der Waals surface area contributed by atoms with Gasteiger partial charge in [0.25, 0.3) is 5.56 Å². The van der Waals surface area contributed by atoms with Crippen LogP contribution in [0.1, 0.15) is 57.5 Å². The first-order chi connectivity index (χ1) is 17.0. The SMILES string of the molecule is CCCC(c1nnnn1CC(=O)OCC)N(CCCO)Cc1cc2cc(OCC)ccc2[nH]c1=O. The number of ether oxygens (including phenoxy) is 2. The number of pyridine rings is 1. The molecule has 3 aromatic rings. The average molecular weight is 487 g/mol. The lowest BCUT2D eigenvalue weighted by Crippen LogP contribution is -2.34. The Labute approximate surface area is 204 Å². The van der Waals surface area contributed by atoms with Gasteiger partial charge in [-0.15, -0.1) is 5.10 Å². The van der Waals surface area contributed by atoms with Crippen molar-refractivity contribution in [3.63, 3.8) is 0 Å². The first-order valence-electron chi connectivity index (χ1n) is 12.1. The number of nitrogens with one attached hydrogen (secondary N) is 1. The van der Waals surface area contributed by atoms with Crippen molar-refractivity contribution in [2.75, 3.05) is 26.4 Å². The molecule has 0 aliphatic carbocycles. The molecule has 0 fully saturated rings. The van der Waals surface area contributed by atoms with Crippen LogP contribution < -0.4 is 10.3 Å². The van der Waals surface area contributed by atoms with Crippen LogP contribution in [-0.2, 0) is 22.6 Å². The Morgan fingerprint density at radius 3 is 2.77 bits per heavy atom. The number of nitrogens with zero attached hydrogens (tertiary/aromatic N) is 5. The van der Waals surface area contributed by atoms with Crippen molar-refractivity contribution in [2.24, 2.45) is 0 Å². The highest BCUT2D eigenvalue weighted by atomic mass is 16.5. The van der Waals surface area contributed by atoms with Gasteiger partial charge in [0.2, 0.25) is 0 Å². The molecule has 2 heterocycles. The van der Waals surface area contributed by atoms with Crippen molar-refractivity contribution in [3.8, 4) is 5.75 Å². The quantitative estimate of drug-likeness (QED) is 0.329. The maximum atomic E-state index is 12.9. The summed E-state index contributed by atoms with van der Waals surface area (Å²) in [6.07, 6.45) is 2.05. The zero-order valence-corrected chi connectivity index (χ0v) is 20.6. The highest BCUT2D eigenvalue weighted by molar-refractivity contribution is 5.80. The normalized spacial score (nSPS) is 12.3. The Balaban J connectivity index is 1.96. The number of rotatable bonds is 14. The van der Waals surface area contributed by atoms with Gasteiger partial charge < -0.3 is 19.6 Å². The Morgan fingerprint density at radius 2 is 2.06 bits per heavy atom. The van der Waals surface area contributed by atoms with Crippen molar-refractivity contribution in [3.05, 3.63) is 46.0 Å². The molecule has 11 heteroatoms. The fourth-order valence-electron chi connectivity index (χ4n) is 4.08. The fraction of sp³-hybridized carbons (Fsp3) is 0.542. The van der Waals surface area contributed by atoms with Gasteiger partial charge in [-0.1, -0.05) is 13.3 Å². The Kier molecular flexibility index (Phi) is 9.74. The van der Waals surface area contributed by atoms with E-state index in [2.05, 4.69) is 32.3 Å². The van der Waals surface area contributed by atoms with Gasteiger partial charge in [0, 0.05) is 36.2 Å². The van der Waals surface area contributed by atoms with E-state index in [4.69, 9.17) is 9.47 Å². The summed E-state index contributed by atoms with van der Waals surface area (Å²) >= 11 is 0. The van der Waals surface area contributed by atoms with E-state index in [1.807, 2.05) is 31.2 Å². The van der Waals surface area contributed by atoms with Crippen molar-refractivity contribution < 1.29 is 19.4 Å². The number of tetrazole rings is 1. The molecule has 0 aliphatic heterocycles. The van der Waals surface area contributed by atoms with Crippen LogP contribution >= 0.6 is 0 Å². The highest BCUT2D eigenvalue weighted by Crippen LogP contribution is 2.27. The molecular formula is C24H34N6O5. The van der Waals surface area contributed by atoms with E-state index in [0.29, 0.717) is 43.9 Å². The zero-order chi connectivity index (χ0) is 25.2. The lowest BCUT2D eigenvalue weighted by Gasteiger charge is -2.30. The summed E-state index contributed by atoms with van der Waals surface area (Å²) in [7, 11) is 0. The van der Waals surface area contributed by atoms with Crippen molar-refractivity contribution in [2.45, 2.75) is 59.2 Å². The van der Waals surface area contributed by atoms with Gasteiger partial charge in [0.05, 0.1) is 19.3 Å². The molecule has 0 radical (unpaired) electrons. The third-order valence-electron chi connectivity index (χ3n) is 5.63. The third kappa shape index (κ3) is 6.86. The smallest absolute Gasteiger partial charge is 0.327 e. The lowest BCUT2D eigenvalue weighted by atomic mass is 10.1. The van der Waals surface area contributed by atoms with E-state index in [1.54, 1.807) is 6.92 Å². The highest BCUT2D eigenvalue weighted by Gasteiger charge is 2.27. The van der Waals surface area contributed by atoms with Crippen LogP contribution in [-0.4, -0.2) is 67.5 Å². The zero-order valence-electron chi connectivity index (χ0n) is 20.6. The number of benzene rings is 1. The molecule has 1 unspecified atom stereocenters. The molecule has 0 saturated carbocycles. The number of H-pyrrole nitrogens is 1. The van der Waals surface area contributed by atoms with E-state index in [9.17, 15) is 14.7 Å². The van der Waals surface area contributed by atoms with Crippen LogP contribution in [0.15, 0.2) is 29.1 Å². The summed E-state index contributed by atoms with van der Waals surface area (Å²) in [5, 5.41) is 22.4. The number of hydrogen-bond donors (Lipinski definition) is 2. The Hall–Kier alpha value is -3.31. The largest absolute Gasteiger partial charge is 0.494 e. The maximum absolute atomic E-state index is 12.9. The van der Waals surface area contributed by atoms with Gasteiger partial charge >= 0.3 is 5.97 Å². The molecule has 0 spiro atoms. The van der Waals surface area contributed by atoms with E-state index in [1.165, 1.54) is 4.68 Å². The van der Waals surface area contributed by atoms with Crippen LogP contribution in [0.25, 0.3) is 10.9 Å². The number of aliphatic hydroxyl groups is 1. The third-order valence-corrected chi connectivity index (χ3v) is 5.63. The summed E-state index contributed by atoms with van der Waals surface area (Å²) in [5.41, 5.74) is 1.12. The minimum absolute atomic E-state index is 0.00883. The van der Waals surface area contributed by atoms with E-state index >= 15 is 0 Å². The summed E-state index contributed by atoms with van der Waals surface area (Å²) in [6.45, 7) is 7.29. The van der Waals surface area contributed by atoms with Crippen molar-refractivity contribution >= 4 is 16.9 Å². The molecular weight excluding hydrogens is 452 g/mol. The second-order valence-corrected chi connectivity index (χ2v) is 8.16. The number of aromatic amines is 1. The van der Waals surface area contributed by atoms with Gasteiger partial charge in [-0.3, -0.25) is 14.5 Å². The fourth-order valence-corrected chi connectivity index (χ4v) is 4.08. The monoisotopic (exact) mass is 486 g/mol. The number of aromatic nitrogens is 5. The predicted octanol–water partition coefficient (Wildman–Crippen LogP) is 2.20. The minimum atomic E-state index is -0.422. The topological polar surface area (TPSA) is 135 Å². The molecule has 0 saturated heterocycles. The molecule has 0 bridgehead atoms. The molecule has 2 N–H and O–H groups in total. The number of fused-ring (bicyclic) bond motifs is 1. The average Bonchev–Trinajstić information content (AvgIpc) is 3.28. The van der Waals surface area contributed by atoms with E-state index < -0.39 is 5.97 Å². The molecule has 0 aliphatic rings. The van der Waals surface area contributed by atoms with Gasteiger partial charge in [-0.25, -0.2) is 4.68 Å². The minimum Gasteiger partial charge on any atom is -0.494 e. The van der Waals surface area contributed by atoms with Crippen LogP contribution in [0.4, 0.5) is 0 Å². The lowest BCUT2D eigenvalue weighted by molar-refractivity contribution is -0.144. The molecule has 0 amide bonds. The second-order valence-electron chi connectivity index (χ2n) is 8.16. The first-order valence-corrected chi connectivity index (χ1v) is 12.1. The second kappa shape index (κ2) is 13.0. The molecule has 190 valence electrons. The number of esters is 1. The van der Waals surface area contributed by atoms with Crippen LogP contribution in [0.2, 0.25) is 0 Å². The number of carbonyl (C=O) groups excluding carboxylic acids is 1. The summed E-state index contributed by atoms with van der Waals surface area (Å²) in [6, 6.07) is 7.17. The number of carbonyl (C=O) groups is 1. The van der Waals surface area contributed by atoms with E-state index in [-0.39, 0.29) is 31.4 Å². The predicted molar refractivity (Wildman–Crippen MR) is 130 cm³/mol. The first kappa shape index (κ1) is 26.3.